The molecule has 1 aliphatic carbocycles. The fraction of sp³-hybridized carbons (Fsp3) is 1.00. The van der Waals surface area contributed by atoms with Crippen molar-refractivity contribution in [2.24, 2.45) is 5.41 Å². The third-order valence-corrected chi connectivity index (χ3v) is 3.86. The van der Waals surface area contributed by atoms with Gasteiger partial charge in [-0.05, 0) is 50.5 Å². The molecule has 0 saturated heterocycles. The highest BCUT2D eigenvalue weighted by Gasteiger charge is 2.25. The molecule has 0 aromatic carbocycles. The molecule has 2 N–H and O–H groups in total. The Bertz CT molecular complexity index is 170. The monoisotopic (exact) mass is 227 g/mol. The van der Waals surface area contributed by atoms with Gasteiger partial charge in [0.05, 0.1) is 0 Å². The maximum atomic E-state index is 8.66. The Morgan fingerprint density at radius 3 is 2.31 bits per heavy atom. The topological polar surface area (TPSA) is 32.3 Å². The molecule has 0 spiro atoms. The quantitative estimate of drug-likeness (QED) is 0.655. The molecule has 1 saturated carbocycles. The molecule has 96 valence electrons. The van der Waals surface area contributed by atoms with Crippen molar-refractivity contribution in [2.45, 2.75) is 71.3 Å². The summed E-state index contributed by atoms with van der Waals surface area (Å²) < 4.78 is 0. The number of rotatable bonds is 7. The van der Waals surface area contributed by atoms with Crippen molar-refractivity contribution < 1.29 is 5.11 Å². The van der Waals surface area contributed by atoms with Crippen molar-refractivity contribution in [3.63, 3.8) is 0 Å². The predicted octanol–water partition coefficient (Wildman–Crippen LogP) is 3.10. The minimum atomic E-state index is 0.352. The normalized spacial score (nSPS) is 21.2. The summed E-state index contributed by atoms with van der Waals surface area (Å²) in [5.74, 6) is 0. The van der Waals surface area contributed by atoms with Crippen LogP contribution >= 0.6 is 0 Å². The highest BCUT2D eigenvalue weighted by Crippen LogP contribution is 2.34. The Morgan fingerprint density at radius 1 is 1.06 bits per heavy atom. The van der Waals surface area contributed by atoms with Gasteiger partial charge < -0.3 is 10.4 Å². The van der Waals surface area contributed by atoms with Crippen molar-refractivity contribution in [2.75, 3.05) is 13.2 Å². The van der Waals surface area contributed by atoms with Crippen LogP contribution in [0, 0.1) is 5.41 Å². The Morgan fingerprint density at radius 2 is 1.69 bits per heavy atom. The second-order valence-electron chi connectivity index (χ2n) is 6.03. The van der Waals surface area contributed by atoms with Gasteiger partial charge in [0.15, 0.2) is 0 Å². The Balaban J connectivity index is 1.94. The molecule has 1 rings (SSSR count). The van der Waals surface area contributed by atoms with Gasteiger partial charge in [-0.25, -0.2) is 0 Å². The van der Waals surface area contributed by atoms with Gasteiger partial charge in [-0.15, -0.1) is 0 Å². The minimum Gasteiger partial charge on any atom is -0.396 e. The van der Waals surface area contributed by atoms with E-state index in [4.69, 9.17) is 5.11 Å². The highest BCUT2D eigenvalue weighted by atomic mass is 16.2. The SMILES string of the molecule is CC1(C)CCC(NCCCCCCO)CC1. The van der Waals surface area contributed by atoms with Gasteiger partial charge in [-0.2, -0.15) is 0 Å². The number of aliphatic hydroxyl groups excluding tert-OH is 1. The zero-order valence-corrected chi connectivity index (χ0v) is 11.1. The molecule has 1 fully saturated rings. The highest BCUT2D eigenvalue weighted by molar-refractivity contribution is 4.81. The van der Waals surface area contributed by atoms with E-state index >= 15 is 0 Å². The van der Waals surface area contributed by atoms with Crippen molar-refractivity contribution in [3.8, 4) is 0 Å². The first-order chi connectivity index (χ1) is 7.64. The summed E-state index contributed by atoms with van der Waals surface area (Å²) in [6, 6.07) is 0.769. The summed E-state index contributed by atoms with van der Waals surface area (Å²) >= 11 is 0. The van der Waals surface area contributed by atoms with E-state index in [-0.39, 0.29) is 0 Å². The van der Waals surface area contributed by atoms with Crippen LogP contribution in [0.4, 0.5) is 0 Å². The van der Waals surface area contributed by atoms with Crippen LogP contribution in [-0.4, -0.2) is 24.3 Å². The van der Waals surface area contributed by atoms with Crippen LogP contribution < -0.4 is 5.32 Å². The van der Waals surface area contributed by atoms with E-state index in [0.717, 1.165) is 19.0 Å². The van der Waals surface area contributed by atoms with Crippen LogP contribution in [0.25, 0.3) is 0 Å². The molecular formula is C14H29NO. The van der Waals surface area contributed by atoms with E-state index in [0.29, 0.717) is 12.0 Å². The lowest BCUT2D eigenvalue weighted by Gasteiger charge is -2.34. The second-order valence-corrected chi connectivity index (χ2v) is 6.03. The van der Waals surface area contributed by atoms with Crippen molar-refractivity contribution in [1.82, 2.24) is 5.32 Å². The first kappa shape index (κ1) is 14.0. The van der Waals surface area contributed by atoms with Gasteiger partial charge in [-0.3, -0.25) is 0 Å². The van der Waals surface area contributed by atoms with Crippen LogP contribution in [-0.2, 0) is 0 Å². The molecule has 0 amide bonds. The van der Waals surface area contributed by atoms with Crippen LogP contribution in [0.1, 0.15) is 65.2 Å². The van der Waals surface area contributed by atoms with Crippen LogP contribution in [0.2, 0.25) is 0 Å². The summed E-state index contributed by atoms with van der Waals surface area (Å²) in [7, 11) is 0. The van der Waals surface area contributed by atoms with E-state index in [2.05, 4.69) is 19.2 Å². The van der Waals surface area contributed by atoms with Crippen molar-refractivity contribution >= 4 is 0 Å². The molecule has 0 aliphatic heterocycles. The molecule has 16 heavy (non-hydrogen) atoms. The summed E-state index contributed by atoms with van der Waals surface area (Å²) in [4.78, 5) is 0. The summed E-state index contributed by atoms with van der Waals surface area (Å²) in [6.45, 7) is 6.29. The number of unbranched alkanes of at least 4 members (excludes halogenated alkanes) is 3. The van der Waals surface area contributed by atoms with Gasteiger partial charge in [0.1, 0.15) is 0 Å². The molecule has 1 aliphatic rings. The first-order valence-corrected chi connectivity index (χ1v) is 6.98. The van der Waals surface area contributed by atoms with Crippen molar-refractivity contribution in [3.05, 3.63) is 0 Å². The molecule has 2 nitrogen and oxygen atoms in total. The maximum absolute atomic E-state index is 8.66. The third kappa shape index (κ3) is 5.86. The number of nitrogens with one attached hydrogen (secondary N) is 1. The van der Waals surface area contributed by atoms with Crippen molar-refractivity contribution in [1.29, 1.82) is 0 Å². The van der Waals surface area contributed by atoms with Gasteiger partial charge in [0.2, 0.25) is 0 Å². The van der Waals surface area contributed by atoms with E-state index in [1.54, 1.807) is 0 Å². The fourth-order valence-corrected chi connectivity index (χ4v) is 2.50. The van der Waals surface area contributed by atoms with Gasteiger partial charge in [0.25, 0.3) is 0 Å². The summed E-state index contributed by atoms with van der Waals surface area (Å²) in [5.41, 5.74) is 0.583. The van der Waals surface area contributed by atoms with E-state index < -0.39 is 0 Å². The van der Waals surface area contributed by atoms with Crippen LogP contribution in [0.5, 0.6) is 0 Å². The molecular weight excluding hydrogens is 198 g/mol. The van der Waals surface area contributed by atoms with Gasteiger partial charge in [0, 0.05) is 12.6 Å². The predicted molar refractivity (Wildman–Crippen MR) is 69.6 cm³/mol. The largest absolute Gasteiger partial charge is 0.396 e. The van der Waals surface area contributed by atoms with E-state index in [9.17, 15) is 0 Å². The third-order valence-electron chi connectivity index (χ3n) is 3.86. The molecule has 0 aromatic rings. The average molecular weight is 227 g/mol. The lowest BCUT2D eigenvalue weighted by atomic mass is 9.75. The molecule has 0 radical (unpaired) electrons. The fourth-order valence-electron chi connectivity index (χ4n) is 2.50. The Kier molecular flexibility index (Phi) is 6.37. The molecule has 0 atom stereocenters. The van der Waals surface area contributed by atoms with Crippen LogP contribution in [0.3, 0.4) is 0 Å². The lowest BCUT2D eigenvalue weighted by Crippen LogP contribution is -2.36. The van der Waals surface area contributed by atoms with E-state index in [1.165, 1.54) is 44.9 Å². The molecule has 0 unspecified atom stereocenters. The number of hydrogen-bond acceptors (Lipinski definition) is 2. The van der Waals surface area contributed by atoms with Crippen LogP contribution in [0.15, 0.2) is 0 Å². The molecule has 0 aromatic heterocycles. The smallest absolute Gasteiger partial charge is 0.0431 e. The molecule has 0 bridgehead atoms. The van der Waals surface area contributed by atoms with E-state index in [1.807, 2.05) is 0 Å². The van der Waals surface area contributed by atoms with Gasteiger partial charge in [-0.1, -0.05) is 26.7 Å². The maximum Gasteiger partial charge on any atom is 0.0431 e. The second kappa shape index (κ2) is 7.29. The Hall–Kier alpha value is -0.0800. The molecule has 2 heteroatoms. The zero-order chi connectivity index (χ0) is 11.9. The average Bonchev–Trinajstić information content (AvgIpc) is 2.25. The first-order valence-electron chi connectivity index (χ1n) is 6.98. The lowest BCUT2D eigenvalue weighted by molar-refractivity contribution is 0.206. The minimum absolute atomic E-state index is 0.352. The molecule has 0 heterocycles. The standard InChI is InChI=1S/C14H29NO/c1-14(2)9-7-13(8-10-14)15-11-5-3-4-6-12-16/h13,15-16H,3-12H2,1-2H3. The van der Waals surface area contributed by atoms with Gasteiger partial charge >= 0.3 is 0 Å². The number of aliphatic hydroxyl groups is 1. The number of hydrogen-bond donors (Lipinski definition) is 2. The zero-order valence-electron chi connectivity index (χ0n) is 11.1. The summed E-state index contributed by atoms with van der Waals surface area (Å²) in [5, 5.41) is 12.3. The Labute approximate surface area is 101 Å². The summed E-state index contributed by atoms with van der Waals surface area (Å²) in [6.07, 6.45) is 10.1.